The van der Waals surface area contributed by atoms with E-state index in [0.717, 1.165) is 12.9 Å². The lowest BCUT2D eigenvalue weighted by molar-refractivity contribution is 0.0690. The topological polar surface area (TPSA) is 50.2 Å². The van der Waals surface area contributed by atoms with Crippen molar-refractivity contribution in [3.63, 3.8) is 0 Å². The molecule has 2 rings (SSSR count). The first-order valence-electron chi connectivity index (χ1n) is 4.28. The van der Waals surface area contributed by atoms with Gasteiger partial charge in [-0.05, 0) is 40.2 Å². The van der Waals surface area contributed by atoms with Crippen LogP contribution in [0.1, 0.15) is 10.5 Å². The first-order valence-corrected chi connectivity index (χ1v) is 6.70. The van der Waals surface area contributed by atoms with Crippen LogP contribution in [-0.2, 0) is 0 Å². The van der Waals surface area contributed by atoms with Gasteiger partial charge in [-0.1, -0.05) is 11.8 Å². The van der Waals surface area contributed by atoms with Crippen LogP contribution in [0.3, 0.4) is 0 Å². The molecule has 2 aromatic heterocycles. The van der Waals surface area contributed by atoms with Crippen molar-refractivity contribution in [3.05, 3.63) is 39.9 Å². The summed E-state index contributed by atoms with van der Waals surface area (Å²) in [5, 5.41) is 8.70. The molecule has 0 unspecified atom stereocenters. The van der Waals surface area contributed by atoms with E-state index < -0.39 is 5.97 Å². The molecular formula is C10H6BrNO2S2. The van der Waals surface area contributed by atoms with Gasteiger partial charge in [-0.15, -0.1) is 11.3 Å². The van der Waals surface area contributed by atoms with Crippen LogP contribution in [0, 0.1) is 0 Å². The van der Waals surface area contributed by atoms with Gasteiger partial charge in [0.05, 0.1) is 8.00 Å². The van der Waals surface area contributed by atoms with Crippen molar-refractivity contribution in [2.75, 3.05) is 0 Å². The molecule has 2 aromatic rings. The molecule has 0 radical (unpaired) electrons. The Labute approximate surface area is 109 Å². The fourth-order valence-electron chi connectivity index (χ4n) is 1.04. The maximum absolute atomic E-state index is 10.6. The number of aromatic nitrogens is 1. The van der Waals surface area contributed by atoms with Gasteiger partial charge in [0.15, 0.2) is 0 Å². The number of halogens is 1. The maximum Gasteiger partial charge on any atom is 0.354 e. The van der Waals surface area contributed by atoms with E-state index in [1.807, 2.05) is 12.1 Å². The van der Waals surface area contributed by atoms with Gasteiger partial charge in [-0.2, -0.15) is 0 Å². The van der Waals surface area contributed by atoms with Gasteiger partial charge in [0.1, 0.15) is 5.69 Å². The first kappa shape index (κ1) is 11.6. The maximum atomic E-state index is 10.6. The average Bonchev–Trinajstić information content (AvgIpc) is 2.65. The predicted molar refractivity (Wildman–Crippen MR) is 67.3 cm³/mol. The van der Waals surface area contributed by atoms with E-state index in [0.29, 0.717) is 0 Å². The molecule has 0 aliphatic heterocycles. The van der Waals surface area contributed by atoms with Gasteiger partial charge >= 0.3 is 5.97 Å². The fraction of sp³-hybridized carbons (Fsp3) is 0. The minimum absolute atomic E-state index is 0.0664. The molecule has 0 amide bonds. The molecule has 6 heteroatoms. The summed E-state index contributed by atoms with van der Waals surface area (Å²) in [5.74, 6) is -1.00. The second kappa shape index (κ2) is 4.99. The van der Waals surface area contributed by atoms with Crippen LogP contribution in [-0.4, -0.2) is 16.1 Å². The monoisotopic (exact) mass is 315 g/mol. The number of thiophene rings is 1. The van der Waals surface area contributed by atoms with E-state index in [4.69, 9.17) is 5.11 Å². The fourth-order valence-corrected chi connectivity index (χ4v) is 3.81. The molecule has 3 nitrogen and oxygen atoms in total. The van der Waals surface area contributed by atoms with Crippen LogP contribution >= 0.6 is 39.0 Å². The molecule has 0 aromatic carbocycles. The second-order valence-corrected chi connectivity index (χ2v) is 6.68. The van der Waals surface area contributed by atoms with Gasteiger partial charge in [0.2, 0.25) is 0 Å². The molecule has 0 saturated heterocycles. The SMILES string of the molecule is O=C(O)c1ccc(Sc2ccc(Br)s2)cn1. The van der Waals surface area contributed by atoms with Crippen LogP contribution in [0.15, 0.2) is 43.4 Å². The van der Waals surface area contributed by atoms with Gasteiger partial charge in [-0.25, -0.2) is 9.78 Å². The Morgan fingerprint density at radius 2 is 2.19 bits per heavy atom. The third-order valence-corrected chi connectivity index (χ3v) is 4.46. The Balaban J connectivity index is 2.14. The number of pyridine rings is 1. The summed E-state index contributed by atoms with van der Waals surface area (Å²) in [6, 6.07) is 7.25. The Morgan fingerprint density at radius 1 is 1.38 bits per heavy atom. The number of nitrogens with zero attached hydrogens (tertiary/aromatic N) is 1. The average molecular weight is 316 g/mol. The van der Waals surface area contributed by atoms with Crippen LogP contribution in [0.25, 0.3) is 0 Å². The molecule has 2 heterocycles. The third-order valence-electron chi connectivity index (χ3n) is 1.72. The summed E-state index contributed by atoms with van der Waals surface area (Å²) in [4.78, 5) is 15.4. The molecule has 0 atom stereocenters. The summed E-state index contributed by atoms with van der Waals surface area (Å²) in [6.45, 7) is 0. The highest BCUT2D eigenvalue weighted by molar-refractivity contribution is 9.11. The van der Waals surface area contributed by atoms with E-state index in [2.05, 4.69) is 20.9 Å². The highest BCUT2D eigenvalue weighted by Crippen LogP contribution is 2.35. The van der Waals surface area contributed by atoms with Crippen LogP contribution < -0.4 is 0 Å². The molecule has 82 valence electrons. The normalized spacial score (nSPS) is 10.3. The summed E-state index contributed by atoms with van der Waals surface area (Å²) in [6.07, 6.45) is 1.57. The third kappa shape index (κ3) is 2.84. The summed E-state index contributed by atoms with van der Waals surface area (Å²) in [7, 11) is 0. The molecule has 0 bridgehead atoms. The lowest BCUT2D eigenvalue weighted by Gasteiger charge is -1.98. The Bertz CT molecular complexity index is 510. The molecular weight excluding hydrogens is 310 g/mol. The highest BCUT2D eigenvalue weighted by atomic mass is 79.9. The number of hydrogen-bond donors (Lipinski definition) is 1. The first-order chi connectivity index (χ1) is 7.65. The molecule has 16 heavy (non-hydrogen) atoms. The predicted octanol–water partition coefficient (Wildman–Crippen LogP) is 3.76. The van der Waals surface area contributed by atoms with Gasteiger partial charge in [-0.3, -0.25) is 0 Å². The summed E-state index contributed by atoms with van der Waals surface area (Å²) in [5.41, 5.74) is 0.0664. The number of rotatable bonds is 3. The van der Waals surface area contributed by atoms with Crippen molar-refractivity contribution in [3.8, 4) is 0 Å². The second-order valence-electron chi connectivity index (χ2n) is 2.84. The molecule has 0 fully saturated rings. The smallest absolute Gasteiger partial charge is 0.354 e. The largest absolute Gasteiger partial charge is 0.477 e. The summed E-state index contributed by atoms with van der Waals surface area (Å²) < 4.78 is 2.21. The van der Waals surface area contributed by atoms with Crippen molar-refractivity contribution in [1.29, 1.82) is 0 Å². The van der Waals surface area contributed by atoms with Crippen molar-refractivity contribution in [1.82, 2.24) is 4.98 Å². The minimum Gasteiger partial charge on any atom is -0.477 e. The van der Waals surface area contributed by atoms with Crippen LogP contribution in [0.4, 0.5) is 0 Å². The van der Waals surface area contributed by atoms with Crippen molar-refractivity contribution < 1.29 is 9.90 Å². The van der Waals surface area contributed by atoms with Gasteiger partial charge in [0, 0.05) is 11.1 Å². The Morgan fingerprint density at radius 3 is 2.69 bits per heavy atom. The van der Waals surface area contributed by atoms with E-state index in [9.17, 15) is 4.79 Å². The van der Waals surface area contributed by atoms with E-state index >= 15 is 0 Å². The van der Waals surface area contributed by atoms with Crippen molar-refractivity contribution >= 4 is 45.0 Å². The van der Waals surface area contributed by atoms with Crippen molar-refractivity contribution in [2.45, 2.75) is 9.10 Å². The number of aromatic carboxylic acids is 1. The van der Waals surface area contributed by atoms with Crippen LogP contribution in [0.2, 0.25) is 0 Å². The van der Waals surface area contributed by atoms with Crippen molar-refractivity contribution in [2.24, 2.45) is 0 Å². The van der Waals surface area contributed by atoms with E-state index in [-0.39, 0.29) is 5.69 Å². The highest BCUT2D eigenvalue weighted by Gasteiger charge is 2.05. The number of carboxylic acids is 1. The minimum atomic E-state index is -1.00. The quantitative estimate of drug-likeness (QED) is 0.937. The Hall–Kier alpha value is -0.850. The zero-order valence-corrected chi connectivity index (χ0v) is 11.1. The van der Waals surface area contributed by atoms with Gasteiger partial charge in [0.25, 0.3) is 0 Å². The lowest BCUT2D eigenvalue weighted by Crippen LogP contribution is -1.98. The van der Waals surface area contributed by atoms with E-state index in [1.54, 1.807) is 35.4 Å². The molecule has 0 spiro atoms. The standard InChI is InChI=1S/C10H6BrNO2S2/c11-8-3-4-9(16-8)15-6-1-2-7(10(13)14)12-5-6/h1-5H,(H,13,14). The molecule has 1 N–H and O–H groups in total. The number of carboxylic acid groups (broad SMARTS) is 1. The molecule has 0 saturated carbocycles. The number of carbonyl (C=O) groups is 1. The van der Waals surface area contributed by atoms with Gasteiger partial charge < -0.3 is 5.11 Å². The van der Waals surface area contributed by atoms with E-state index in [1.165, 1.54) is 6.07 Å². The van der Waals surface area contributed by atoms with Crippen LogP contribution in [0.5, 0.6) is 0 Å². The number of hydrogen-bond acceptors (Lipinski definition) is 4. The summed E-state index contributed by atoms with van der Waals surface area (Å²) >= 11 is 6.58. The molecule has 0 aliphatic rings. The lowest BCUT2D eigenvalue weighted by atomic mass is 10.4. The zero-order chi connectivity index (χ0) is 11.5. The zero-order valence-electron chi connectivity index (χ0n) is 7.88. The Kier molecular flexibility index (Phi) is 3.63. The molecule has 0 aliphatic carbocycles.